The van der Waals surface area contributed by atoms with Gasteiger partial charge in [0.05, 0.1) is 6.42 Å². The summed E-state index contributed by atoms with van der Waals surface area (Å²) in [6.45, 7) is 3.22. The summed E-state index contributed by atoms with van der Waals surface area (Å²) in [5.41, 5.74) is 0. The standard InChI is InChI=1S/C4H6O2.Al.3H/c1-2-3-4(5)6;;;;/h2H,1,3H2,(H,5,6);;;;. The van der Waals surface area contributed by atoms with Crippen LogP contribution < -0.4 is 0 Å². The van der Waals surface area contributed by atoms with Crippen molar-refractivity contribution in [2.24, 2.45) is 0 Å². The minimum Gasteiger partial charge on any atom is -0.481 e. The fourth-order valence-electron chi connectivity index (χ4n) is 0.123. The maximum absolute atomic E-state index is 9.53. The molecule has 0 atom stereocenters. The van der Waals surface area contributed by atoms with Crippen molar-refractivity contribution >= 4 is 23.3 Å². The summed E-state index contributed by atoms with van der Waals surface area (Å²) in [4.78, 5) is 9.53. The van der Waals surface area contributed by atoms with Gasteiger partial charge in [0, 0.05) is 0 Å². The van der Waals surface area contributed by atoms with Crippen LogP contribution in [0.15, 0.2) is 12.7 Å². The predicted octanol–water partition coefficient (Wildman–Crippen LogP) is -0.537. The fourth-order valence-corrected chi connectivity index (χ4v) is 0.123. The van der Waals surface area contributed by atoms with Gasteiger partial charge in [-0.2, -0.15) is 0 Å². The number of carbonyl (C=O) groups is 1. The Morgan fingerprint density at radius 1 is 1.86 bits per heavy atom. The molecule has 0 unspecified atom stereocenters. The quantitative estimate of drug-likeness (QED) is 0.388. The Hall–Kier alpha value is -0.258. The molecule has 2 nitrogen and oxygen atoms in total. The molecule has 0 aliphatic rings. The van der Waals surface area contributed by atoms with Gasteiger partial charge < -0.3 is 5.11 Å². The van der Waals surface area contributed by atoms with Crippen LogP contribution in [0.1, 0.15) is 6.42 Å². The van der Waals surface area contributed by atoms with Crippen LogP contribution in [0.5, 0.6) is 0 Å². The molecule has 1 N–H and O–H groups in total. The van der Waals surface area contributed by atoms with Crippen molar-refractivity contribution in [2.75, 3.05) is 0 Å². The van der Waals surface area contributed by atoms with Crippen molar-refractivity contribution in [3.63, 3.8) is 0 Å². The van der Waals surface area contributed by atoms with E-state index in [0.717, 1.165) is 0 Å². The van der Waals surface area contributed by atoms with Gasteiger partial charge in [-0.1, -0.05) is 6.08 Å². The lowest BCUT2D eigenvalue weighted by molar-refractivity contribution is -0.135. The van der Waals surface area contributed by atoms with E-state index >= 15 is 0 Å². The van der Waals surface area contributed by atoms with Gasteiger partial charge in [0.2, 0.25) is 0 Å². The average molecular weight is 116 g/mol. The first-order chi connectivity index (χ1) is 2.77. The first kappa shape index (κ1) is 9.89. The van der Waals surface area contributed by atoms with Gasteiger partial charge >= 0.3 is 5.97 Å². The second-order valence-corrected chi connectivity index (χ2v) is 0.887. The van der Waals surface area contributed by atoms with Crippen LogP contribution in [0, 0.1) is 0 Å². The van der Waals surface area contributed by atoms with E-state index in [4.69, 9.17) is 5.11 Å². The Morgan fingerprint density at radius 2 is 2.29 bits per heavy atom. The molecule has 3 heteroatoms. The number of hydrogen-bond acceptors (Lipinski definition) is 1. The Morgan fingerprint density at radius 3 is 2.29 bits per heavy atom. The Kier molecular flexibility index (Phi) is 8.11. The highest BCUT2D eigenvalue weighted by molar-refractivity contribution is 5.75. The molecule has 0 saturated heterocycles. The van der Waals surface area contributed by atoms with E-state index in [0.29, 0.717) is 0 Å². The minimum absolute atomic E-state index is 0. The van der Waals surface area contributed by atoms with Crippen LogP contribution in [0.4, 0.5) is 0 Å². The Labute approximate surface area is 53.0 Å². The molecule has 0 amide bonds. The molecule has 40 valence electrons. The third-order valence-electron chi connectivity index (χ3n) is 0.319. The third-order valence-corrected chi connectivity index (χ3v) is 0.319. The Balaban J connectivity index is 0. The summed E-state index contributed by atoms with van der Waals surface area (Å²) < 4.78 is 0. The van der Waals surface area contributed by atoms with Crippen molar-refractivity contribution in [3.05, 3.63) is 12.7 Å². The van der Waals surface area contributed by atoms with Crippen molar-refractivity contribution in [1.29, 1.82) is 0 Å². The first-order valence-corrected chi connectivity index (χ1v) is 1.60. The number of carboxylic acids is 1. The van der Waals surface area contributed by atoms with Crippen LogP contribution in [0.2, 0.25) is 0 Å². The van der Waals surface area contributed by atoms with Gasteiger partial charge in [0.15, 0.2) is 17.4 Å². The number of aliphatic carboxylic acids is 1. The predicted molar refractivity (Wildman–Crippen MR) is 32.4 cm³/mol. The van der Waals surface area contributed by atoms with E-state index in [1.807, 2.05) is 0 Å². The summed E-state index contributed by atoms with van der Waals surface area (Å²) in [5.74, 6) is -0.829. The number of rotatable bonds is 2. The molecule has 0 aromatic heterocycles. The smallest absolute Gasteiger partial charge is 0.307 e. The van der Waals surface area contributed by atoms with Gasteiger partial charge in [-0.25, -0.2) is 0 Å². The lowest BCUT2D eigenvalue weighted by atomic mass is 10.4. The lowest BCUT2D eigenvalue weighted by Crippen LogP contribution is -1.88. The summed E-state index contributed by atoms with van der Waals surface area (Å²) in [5, 5.41) is 7.84. The maximum atomic E-state index is 9.53. The second-order valence-electron chi connectivity index (χ2n) is 0.887. The second kappa shape index (κ2) is 5.74. The van der Waals surface area contributed by atoms with Crippen LogP contribution in [0.3, 0.4) is 0 Å². The van der Waals surface area contributed by atoms with E-state index in [2.05, 4.69) is 6.58 Å². The zero-order valence-electron chi connectivity index (χ0n) is 3.35. The van der Waals surface area contributed by atoms with Crippen molar-refractivity contribution in [2.45, 2.75) is 6.42 Å². The molecule has 0 spiro atoms. The normalized spacial score (nSPS) is 6.29. The van der Waals surface area contributed by atoms with Crippen LogP contribution in [0.25, 0.3) is 0 Å². The molecular formula is C4H9AlO2. The summed E-state index contributed by atoms with van der Waals surface area (Å²) in [6.07, 6.45) is 1.41. The maximum Gasteiger partial charge on any atom is 0.307 e. The van der Waals surface area contributed by atoms with Gasteiger partial charge in [0.25, 0.3) is 0 Å². The van der Waals surface area contributed by atoms with Gasteiger partial charge in [-0.15, -0.1) is 6.58 Å². The molecule has 0 aromatic carbocycles. The summed E-state index contributed by atoms with van der Waals surface area (Å²) in [6, 6.07) is 0. The highest BCUT2D eigenvalue weighted by Crippen LogP contribution is 1.74. The molecule has 0 saturated carbocycles. The summed E-state index contributed by atoms with van der Waals surface area (Å²) >= 11 is 0. The SMILES string of the molecule is C=CCC(=O)O.[AlH3]. The largest absolute Gasteiger partial charge is 0.481 e. The van der Waals surface area contributed by atoms with E-state index in [1.54, 1.807) is 0 Å². The van der Waals surface area contributed by atoms with E-state index in [-0.39, 0.29) is 23.8 Å². The average Bonchev–Trinajstić information content (AvgIpc) is 1.35. The van der Waals surface area contributed by atoms with Crippen LogP contribution in [-0.2, 0) is 4.79 Å². The highest BCUT2D eigenvalue weighted by Gasteiger charge is 1.84. The van der Waals surface area contributed by atoms with E-state index in [1.165, 1.54) is 6.08 Å². The molecule has 0 aliphatic heterocycles. The molecule has 0 rings (SSSR count). The molecule has 0 heterocycles. The van der Waals surface area contributed by atoms with E-state index < -0.39 is 5.97 Å². The zero-order chi connectivity index (χ0) is 4.99. The van der Waals surface area contributed by atoms with Gasteiger partial charge in [-0.05, 0) is 0 Å². The molecule has 0 aromatic rings. The molecule has 0 aliphatic carbocycles. The molecule has 0 fully saturated rings. The Bertz CT molecular complexity index is 70.1. The lowest BCUT2D eigenvalue weighted by Gasteiger charge is -1.75. The molecular weight excluding hydrogens is 107 g/mol. The fraction of sp³-hybridized carbons (Fsp3) is 0.250. The third kappa shape index (κ3) is 10.7. The molecule has 0 radical (unpaired) electrons. The minimum atomic E-state index is -0.829. The van der Waals surface area contributed by atoms with E-state index in [9.17, 15) is 4.79 Å². The first-order valence-electron chi connectivity index (χ1n) is 1.60. The van der Waals surface area contributed by atoms with Crippen LogP contribution >= 0.6 is 0 Å². The molecule has 0 bridgehead atoms. The highest BCUT2D eigenvalue weighted by atomic mass is 27.0. The van der Waals surface area contributed by atoms with Crippen molar-refractivity contribution in [3.8, 4) is 0 Å². The number of carboxylic acid groups (broad SMARTS) is 1. The van der Waals surface area contributed by atoms with Gasteiger partial charge in [0.1, 0.15) is 0 Å². The summed E-state index contributed by atoms with van der Waals surface area (Å²) in [7, 11) is 0. The molecule has 7 heavy (non-hydrogen) atoms. The van der Waals surface area contributed by atoms with Gasteiger partial charge in [-0.3, -0.25) is 4.79 Å². The van der Waals surface area contributed by atoms with Crippen molar-refractivity contribution < 1.29 is 9.90 Å². The van der Waals surface area contributed by atoms with Crippen LogP contribution in [-0.4, -0.2) is 28.4 Å². The zero-order valence-corrected chi connectivity index (χ0v) is 3.35. The number of hydrogen-bond donors (Lipinski definition) is 1. The van der Waals surface area contributed by atoms with Crippen molar-refractivity contribution in [1.82, 2.24) is 0 Å². The topological polar surface area (TPSA) is 37.3 Å². The monoisotopic (exact) mass is 116 g/mol.